The van der Waals surface area contributed by atoms with Crippen molar-refractivity contribution < 1.29 is 19.1 Å². The second-order valence-electron chi connectivity index (χ2n) is 13.0. The van der Waals surface area contributed by atoms with Crippen molar-refractivity contribution in [3.05, 3.63) is 78.4 Å². The summed E-state index contributed by atoms with van der Waals surface area (Å²) in [5.74, 6) is -0.469. The number of carbonyl (C=O) groups excluding carboxylic acids is 3. The van der Waals surface area contributed by atoms with Crippen molar-refractivity contribution in [3.8, 4) is 0 Å². The van der Waals surface area contributed by atoms with Crippen LogP contribution < -0.4 is 10.6 Å². The van der Waals surface area contributed by atoms with Crippen LogP contribution in [0.3, 0.4) is 0 Å². The Balaban J connectivity index is 1.97. The summed E-state index contributed by atoms with van der Waals surface area (Å²) in [4.78, 5) is 43.2. The van der Waals surface area contributed by atoms with E-state index in [-0.39, 0.29) is 17.7 Å². The SMILES string of the molecule is CCCCCCCCN(C(=O)C(CC(C)C)NC(=O)OC(C)(C)C)C(C(=O)Nc1ccc2ccccc2c1)c1ccccc1. The van der Waals surface area contributed by atoms with Crippen molar-refractivity contribution in [2.45, 2.75) is 104 Å². The Labute approximate surface area is 263 Å². The van der Waals surface area contributed by atoms with Gasteiger partial charge >= 0.3 is 6.09 Å². The lowest BCUT2D eigenvalue weighted by atomic mass is 9.98. The van der Waals surface area contributed by atoms with Gasteiger partial charge in [0.2, 0.25) is 5.91 Å². The van der Waals surface area contributed by atoms with Gasteiger partial charge in [-0.3, -0.25) is 9.59 Å². The first-order valence-electron chi connectivity index (χ1n) is 16.1. The second-order valence-corrected chi connectivity index (χ2v) is 13.0. The Morgan fingerprint density at radius 1 is 0.818 bits per heavy atom. The lowest BCUT2D eigenvalue weighted by Crippen LogP contribution is -2.53. The maximum absolute atomic E-state index is 14.5. The van der Waals surface area contributed by atoms with E-state index >= 15 is 0 Å². The first kappa shape index (κ1) is 34.6. The molecule has 2 N–H and O–H groups in total. The monoisotopic (exact) mass is 601 g/mol. The van der Waals surface area contributed by atoms with Gasteiger partial charge in [0, 0.05) is 12.2 Å². The van der Waals surface area contributed by atoms with Crippen molar-refractivity contribution in [2.24, 2.45) is 5.92 Å². The normalized spacial score (nSPS) is 12.9. The summed E-state index contributed by atoms with van der Waals surface area (Å²) in [6, 6.07) is 21.5. The van der Waals surface area contributed by atoms with Crippen LogP contribution in [0.2, 0.25) is 0 Å². The molecular formula is C37H51N3O4. The highest BCUT2D eigenvalue weighted by atomic mass is 16.6. The minimum atomic E-state index is -0.888. The molecule has 0 bridgehead atoms. The van der Waals surface area contributed by atoms with Gasteiger partial charge in [0.05, 0.1) is 0 Å². The minimum Gasteiger partial charge on any atom is -0.444 e. The number of unbranched alkanes of at least 4 members (excludes halogenated alkanes) is 5. The van der Waals surface area contributed by atoms with Crippen LogP contribution in [0.5, 0.6) is 0 Å². The number of hydrogen-bond donors (Lipinski definition) is 2. The number of benzene rings is 3. The van der Waals surface area contributed by atoms with E-state index in [0.717, 1.165) is 42.9 Å². The molecule has 0 fully saturated rings. The zero-order valence-corrected chi connectivity index (χ0v) is 27.4. The first-order valence-corrected chi connectivity index (χ1v) is 16.1. The number of alkyl carbamates (subject to hydrolysis) is 1. The third kappa shape index (κ3) is 11.0. The van der Waals surface area contributed by atoms with Gasteiger partial charge < -0.3 is 20.3 Å². The van der Waals surface area contributed by atoms with Gasteiger partial charge in [-0.1, -0.05) is 114 Å². The van der Waals surface area contributed by atoms with Crippen LogP contribution in [0, 0.1) is 5.92 Å². The topological polar surface area (TPSA) is 87.7 Å². The largest absolute Gasteiger partial charge is 0.444 e. The summed E-state index contributed by atoms with van der Waals surface area (Å²) >= 11 is 0. The first-order chi connectivity index (χ1) is 21.0. The Morgan fingerprint density at radius 2 is 1.45 bits per heavy atom. The van der Waals surface area contributed by atoms with Gasteiger partial charge in [-0.15, -0.1) is 0 Å². The van der Waals surface area contributed by atoms with Crippen molar-refractivity contribution in [1.29, 1.82) is 0 Å². The molecule has 2 atom stereocenters. The summed E-state index contributed by atoms with van der Waals surface area (Å²) < 4.78 is 5.52. The van der Waals surface area contributed by atoms with E-state index in [0.29, 0.717) is 24.2 Å². The number of nitrogens with one attached hydrogen (secondary N) is 2. The number of ether oxygens (including phenoxy) is 1. The fraction of sp³-hybridized carbons (Fsp3) is 0.486. The zero-order chi connectivity index (χ0) is 32.1. The fourth-order valence-electron chi connectivity index (χ4n) is 5.36. The van der Waals surface area contributed by atoms with Crippen LogP contribution in [0.15, 0.2) is 72.8 Å². The molecule has 0 saturated heterocycles. The average molecular weight is 602 g/mol. The predicted molar refractivity (Wildman–Crippen MR) is 179 cm³/mol. The molecule has 7 heteroatoms. The smallest absolute Gasteiger partial charge is 0.408 e. The van der Waals surface area contributed by atoms with Crippen LogP contribution in [-0.2, 0) is 14.3 Å². The summed E-state index contributed by atoms with van der Waals surface area (Å²) in [6.07, 6.45) is 6.02. The van der Waals surface area contributed by atoms with Crippen LogP contribution in [-0.4, -0.2) is 41.0 Å². The van der Waals surface area contributed by atoms with Gasteiger partial charge in [0.15, 0.2) is 0 Å². The number of hydrogen-bond acceptors (Lipinski definition) is 4. The molecule has 0 heterocycles. The molecule has 238 valence electrons. The van der Waals surface area contributed by atoms with E-state index in [1.165, 1.54) is 6.42 Å². The Bertz CT molecular complexity index is 1350. The van der Waals surface area contributed by atoms with Crippen LogP contribution >= 0.6 is 0 Å². The number of fused-ring (bicyclic) bond motifs is 1. The fourth-order valence-corrected chi connectivity index (χ4v) is 5.36. The van der Waals surface area contributed by atoms with Crippen molar-refractivity contribution in [1.82, 2.24) is 10.2 Å². The highest BCUT2D eigenvalue weighted by Gasteiger charge is 2.36. The summed E-state index contributed by atoms with van der Waals surface area (Å²) in [5, 5.41) is 8.02. The standard InChI is InChI=1S/C37H51N3O4/c1-7-8-9-10-11-17-24-40(35(42)32(25-27(2)3)39-36(43)44-37(4,5)6)33(29-19-13-12-14-20-29)34(41)38-31-23-22-28-18-15-16-21-30(28)26-31/h12-16,18-23,26-27,32-33H,7-11,17,24-25H2,1-6H3,(H,38,41)(H,39,43). The molecule has 0 aliphatic carbocycles. The van der Waals surface area contributed by atoms with Gasteiger partial charge in [-0.2, -0.15) is 0 Å². The van der Waals surface area contributed by atoms with Crippen LogP contribution in [0.4, 0.5) is 10.5 Å². The molecule has 0 aliphatic rings. The Kier molecular flexibility index (Phi) is 13.2. The van der Waals surface area contributed by atoms with E-state index in [2.05, 4.69) is 17.6 Å². The zero-order valence-electron chi connectivity index (χ0n) is 27.4. The molecule has 3 rings (SSSR count). The van der Waals surface area contributed by atoms with Gasteiger partial charge in [-0.25, -0.2) is 4.79 Å². The molecule has 3 aromatic carbocycles. The van der Waals surface area contributed by atoms with E-state index < -0.39 is 23.8 Å². The van der Waals surface area contributed by atoms with Crippen molar-refractivity contribution in [2.75, 3.05) is 11.9 Å². The molecule has 0 saturated carbocycles. The number of amides is 3. The van der Waals surface area contributed by atoms with E-state index in [1.807, 2.05) is 86.6 Å². The number of carbonyl (C=O) groups is 3. The van der Waals surface area contributed by atoms with E-state index in [1.54, 1.807) is 25.7 Å². The lowest BCUT2D eigenvalue weighted by Gasteiger charge is -2.35. The summed E-state index contributed by atoms with van der Waals surface area (Å²) in [7, 11) is 0. The molecule has 0 aliphatic heterocycles. The summed E-state index contributed by atoms with van der Waals surface area (Å²) in [5.41, 5.74) is 0.665. The average Bonchev–Trinajstić information content (AvgIpc) is 2.96. The molecule has 2 unspecified atom stereocenters. The third-order valence-electron chi connectivity index (χ3n) is 7.42. The number of rotatable bonds is 15. The second kappa shape index (κ2) is 16.8. The maximum Gasteiger partial charge on any atom is 0.408 e. The highest BCUT2D eigenvalue weighted by molar-refractivity contribution is 6.00. The predicted octanol–water partition coefficient (Wildman–Crippen LogP) is 8.65. The maximum atomic E-state index is 14.5. The molecule has 44 heavy (non-hydrogen) atoms. The summed E-state index contributed by atoms with van der Waals surface area (Å²) in [6.45, 7) is 12.0. The minimum absolute atomic E-state index is 0.122. The highest BCUT2D eigenvalue weighted by Crippen LogP contribution is 2.27. The number of nitrogens with zero attached hydrogens (tertiary/aromatic N) is 1. The quantitative estimate of drug-likeness (QED) is 0.171. The van der Waals surface area contributed by atoms with E-state index in [9.17, 15) is 14.4 Å². The molecular weight excluding hydrogens is 550 g/mol. The molecule has 0 spiro atoms. The van der Waals surface area contributed by atoms with Crippen LogP contribution in [0.25, 0.3) is 10.8 Å². The van der Waals surface area contributed by atoms with Crippen LogP contribution in [0.1, 0.15) is 98.1 Å². The Morgan fingerprint density at radius 3 is 2.11 bits per heavy atom. The lowest BCUT2D eigenvalue weighted by molar-refractivity contribution is -0.141. The van der Waals surface area contributed by atoms with Crippen molar-refractivity contribution >= 4 is 34.4 Å². The van der Waals surface area contributed by atoms with Gasteiger partial charge in [0.1, 0.15) is 17.7 Å². The molecule has 3 amide bonds. The van der Waals surface area contributed by atoms with Gasteiger partial charge in [-0.05, 0) is 68.0 Å². The van der Waals surface area contributed by atoms with Gasteiger partial charge in [0.25, 0.3) is 5.91 Å². The molecule has 3 aromatic rings. The third-order valence-corrected chi connectivity index (χ3v) is 7.42. The molecule has 0 aromatic heterocycles. The molecule has 7 nitrogen and oxygen atoms in total. The van der Waals surface area contributed by atoms with Crippen molar-refractivity contribution in [3.63, 3.8) is 0 Å². The molecule has 0 radical (unpaired) electrons. The number of anilines is 1. The Hall–Kier alpha value is -3.87. The van der Waals surface area contributed by atoms with E-state index in [4.69, 9.17) is 4.74 Å².